The Balaban J connectivity index is 2.14. The molecular weight excluding hydrogens is 322 g/mol. The van der Waals surface area contributed by atoms with Gasteiger partial charge in [-0.05, 0) is 36.6 Å². The first-order valence-corrected chi connectivity index (χ1v) is 7.19. The van der Waals surface area contributed by atoms with E-state index >= 15 is 0 Å². The van der Waals surface area contributed by atoms with Crippen molar-refractivity contribution in [3.63, 3.8) is 0 Å². The Morgan fingerprint density at radius 1 is 1.27 bits per heavy atom. The van der Waals surface area contributed by atoms with Crippen molar-refractivity contribution in [1.29, 1.82) is 0 Å². The summed E-state index contributed by atoms with van der Waals surface area (Å²) in [7, 11) is 0. The Bertz CT molecular complexity index is 750. The zero-order valence-electron chi connectivity index (χ0n) is 10.9. The maximum atomic E-state index is 13.5. The second-order valence-electron chi connectivity index (χ2n) is 5.04. The number of carboxylic acids is 1. The van der Waals surface area contributed by atoms with Crippen molar-refractivity contribution in [2.24, 2.45) is 0 Å². The number of rotatable bonds is 3. The van der Waals surface area contributed by atoms with Gasteiger partial charge < -0.3 is 5.11 Å². The fourth-order valence-corrected chi connectivity index (χ4v) is 3.28. The van der Waals surface area contributed by atoms with Gasteiger partial charge in [-0.1, -0.05) is 0 Å². The third kappa shape index (κ3) is 2.83. The van der Waals surface area contributed by atoms with E-state index in [4.69, 9.17) is 5.11 Å². The van der Waals surface area contributed by atoms with Crippen molar-refractivity contribution in [2.75, 3.05) is 0 Å². The smallest absolute Gasteiger partial charge is 0.416 e. The van der Waals surface area contributed by atoms with Gasteiger partial charge in [0.05, 0.1) is 15.4 Å². The summed E-state index contributed by atoms with van der Waals surface area (Å²) in [4.78, 5) is 15.3. The molecule has 1 aromatic carbocycles. The average Bonchev–Trinajstić information content (AvgIpc) is 3.15. The summed E-state index contributed by atoms with van der Waals surface area (Å²) >= 11 is 1.01. The SMILES string of the molecule is O=C(O)c1nc(C2CC2)sc1-c1cc(F)cc(C(F)(F)F)c1. The minimum Gasteiger partial charge on any atom is -0.476 e. The highest BCUT2D eigenvalue weighted by atomic mass is 32.1. The number of aromatic carboxylic acids is 1. The van der Waals surface area contributed by atoms with Crippen LogP contribution in [0.15, 0.2) is 18.2 Å². The molecule has 2 aromatic rings. The van der Waals surface area contributed by atoms with Gasteiger partial charge in [0.1, 0.15) is 5.82 Å². The van der Waals surface area contributed by atoms with Crippen molar-refractivity contribution in [2.45, 2.75) is 24.9 Å². The molecule has 1 saturated carbocycles. The summed E-state index contributed by atoms with van der Waals surface area (Å²) in [6, 6.07) is 2.03. The summed E-state index contributed by atoms with van der Waals surface area (Å²) in [5.41, 5.74) is -1.60. The topological polar surface area (TPSA) is 50.2 Å². The van der Waals surface area contributed by atoms with Crippen molar-refractivity contribution in [1.82, 2.24) is 4.98 Å². The molecule has 8 heteroatoms. The van der Waals surface area contributed by atoms with E-state index in [9.17, 15) is 22.4 Å². The van der Waals surface area contributed by atoms with Crippen molar-refractivity contribution in [3.8, 4) is 10.4 Å². The van der Waals surface area contributed by atoms with Gasteiger partial charge in [0, 0.05) is 5.92 Å². The van der Waals surface area contributed by atoms with Crippen LogP contribution in [0.25, 0.3) is 10.4 Å². The lowest BCUT2D eigenvalue weighted by Gasteiger charge is -2.08. The molecule has 0 atom stereocenters. The predicted molar refractivity (Wildman–Crippen MR) is 71.4 cm³/mol. The van der Waals surface area contributed by atoms with Crippen LogP contribution < -0.4 is 0 Å². The first-order chi connectivity index (χ1) is 10.3. The molecule has 1 fully saturated rings. The van der Waals surface area contributed by atoms with Crippen LogP contribution in [-0.2, 0) is 6.18 Å². The summed E-state index contributed by atoms with van der Waals surface area (Å²) in [5.74, 6) is -2.24. The van der Waals surface area contributed by atoms with E-state index in [0.29, 0.717) is 11.1 Å². The summed E-state index contributed by atoms with van der Waals surface area (Å²) in [6.07, 6.45) is -2.95. The zero-order chi connectivity index (χ0) is 16.1. The normalized spacial score (nSPS) is 15.1. The van der Waals surface area contributed by atoms with Gasteiger partial charge in [-0.25, -0.2) is 14.2 Å². The molecule has 1 aliphatic rings. The van der Waals surface area contributed by atoms with Crippen LogP contribution in [0.5, 0.6) is 0 Å². The zero-order valence-corrected chi connectivity index (χ0v) is 11.8. The minimum absolute atomic E-state index is 0.0550. The minimum atomic E-state index is -4.70. The lowest BCUT2D eigenvalue weighted by atomic mass is 10.1. The molecular formula is C14H9F4NO2S. The molecule has 0 spiro atoms. The number of carbonyl (C=O) groups is 1. The van der Waals surface area contributed by atoms with Crippen molar-refractivity contribution in [3.05, 3.63) is 40.3 Å². The maximum absolute atomic E-state index is 13.5. The van der Waals surface area contributed by atoms with Crippen molar-refractivity contribution < 1.29 is 27.5 Å². The van der Waals surface area contributed by atoms with E-state index in [1.807, 2.05) is 0 Å². The molecule has 1 heterocycles. The number of benzene rings is 1. The molecule has 1 aromatic heterocycles. The Hall–Kier alpha value is -1.96. The first-order valence-electron chi connectivity index (χ1n) is 6.38. The maximum Gasteiger partial charge on any atom is 0.416 e. The lowest BCUT2D eigenvalue weighted by Crippen LogP contribution is -2.06. The number of alkyl halides is 3. The van der Waals surface area contributed by atoms with E-state index in [1.54, 1.807) is 0 Å². The van der Waals surface area contributed by atoms with E-state index in [1.165, 1.54) is 0 Å². The van der Waals surface area contributed by atoms with Crippen LogP contribution in [0.3, 0.4) is 0 Å². The van der Waals surface area contributed by atoms with E-state index in [-0.39, 0.29) is 22.1 Å². The van der Waals surface area contributed by atoms with Gasteiger partial charge in [0.15, 0.2) is 5.69 Å². The third-order valence-electron chi connectivity index (χ3n) is 3.26. The predicted octanol–water partition coefficient (Wildman–Crippen LogP) is 4.54. The third-order valence-corrected chi connectivity index (χ3v) is 4.53. The highest BCUT2D eigenvalue weighted by molar-refractivity contribution is 7.15. The number of aromatic nitrogens is 1. The lowest BCUT2D eigenvalue weighted by molar-refractivity contribution is -0.137. The van der Waals surface area contributed by atoms with Crippen LogP contribution in [0, 0.1) is 5.82 Å². The number of hydrogen-bond donors (Lipinski definition) is 1. The fourth-order valence-electron chi connectivity index (χ4n) is 2.07. The van der Waals surface area contributed by atoms with Gasteiger partial charge in [0.2, 0.25) is 0 Å². The summed E-state index contributed by atoms with van der Waals surface area (Å²) in [6.45, 7) is 0. The Morgan fingerprint density at radius 2 is 1.95 bits per heavy atom. The van der Waals surface area contributed by atoms with E-state index in [2.05, 4.69) is 4.98 Å². The van der Waals surface area contributed by atoms with E-state index < -0.39 is 23.5 Å². The second-order valence-corrected chi connectivity index (χ2v) is 6.07. The van der Waals surface area contributed by atoms with Crippen LogP contribution >= 0.6 is 11.3 Å². The monoisotopic (exact) mass is 331 g/mol. The highest BCUT2D eigenvalue weighted by Crippen LogP contribution is 2.45. The van der Waals surface area contributed by atoms with Crippen LogP contribution in [-0.4, -0.2) is 16.1 Å². The number of hydrogen-bond acceptors (Lipinski definition) is 3. The molecule has 0 aliphatic heterocycles. The van der Waals surface area contributed by atoms with Gasteiger partial charge in [-0.2, -0.15) is 13.2 Å². The molecule has 3 nitrogen and oxygen atoms in total. The molecule has 0 saturated heterocycles. The number of thiazole rings is 1. The molecule has 0 radical (unpaired) electrons. The molecule has 0 amide bonds. The Kier molecular flexibility index (Phi) is 3.43. The molecule has 116 valence electrons. The van der Waals surface area contributed by atoms with Crippen LogP contribution in [0.4, 0.5) is 17.6 Å². The van der Waals surface area contributed by atoms with Gasteiger partial charge >= 0.3 is 12.1 Å². The molecule has 22 heavy (non-hydrogen) atoms. The largest absolute Gasteiger partial charge is 0.476 e. The van der Waals surface area contributed by atoms with Crippen LogP contribution in [0.1, 0.15) is 39.8 Å². The summed E-state index contributed by atoms with van der Waals surface area (Å²) in [5, 5.41) is 9.74. The van der Waals surface area contributed by atoms with Crippen LogP contribution in [0.2, 0.25) is 0 Å². The Labute approximate surface area is 126 Å². The average molecular weight is 331 g/mol. The van der Waals surface area contributed by atoms with Gasteiger partial charge in [0.25, 0.3) is 0 Å². The van der Waals surface area contributed by atoms with Gasteiger partial charge in [-0.15, -0.1) is 11.3 Å². The Morgan fingerprint density at radius 3 is 2.50 bits per heavy atom. The standard InChI is InChI=1S/C14H9F4NO2S/c15-9-4-7(3-8(5-9)14(16,17)18)11-10(13(20)21)19-12(22-11)6-1-2-6/h3-6H,1-2H2,(H,20,21). The molecule has 1 N–H and O–H groups in total. The molecule has 0 bridgehead atoms. The molecule has 0 unspecified atom stereocenters. The quantitative estimate of drug-likeness (QED) is 0.840. The number of nitrogens with zero attached hydrogens (tertiary/aromatic N) is 1. The molecule has 1 aliphatic carbocycles. The van der Waals surface area contributed by atoms with Crippen molar-refractivity contribution >= 4 is 17.3 Å². The fraction of sp³-hybridized carbons (Fsp3) is 0.286. The molecule has 3 rings (SSSR count). The van der Waals surface area contributed by atoms with E-state index in [0.717, 1.165) is 36.3 Å². The summed E-state index contributed by atoms with van der Waals surface area (Å²) < 4.78 is 51.8. The first kappa shape index (κ1) is 15.0. The van der Waals surface area contributed by atoms with Gasteiger partial charge in [-0.3, -0.25) is 0 Å². The number of carboxylic acid groups (broad SMARTS) is 1. The second kappa shape index (κ2) is 5.05. The number of halogens is 4. The highest BCUT2D eigenvalue weighted by Gasteiger charge is 2.33.